The first kappa shape index (κ1) is 19.3. The van der Waals surface area contributed by atoms with Crippen molar-refractivity contribution in [3.63, 3.8) is 0 Å². The smallest absolute Gasteiger partial charge is 0.267 e. The summed E-state index contributed by atoms with van der Waals surface area (Å²) in [5.74, 6) is -0.414. The van der Waals surface area contributed by atoms with Crippen LogP contribution in [-0.2, 0) is 0 Å². The van der Waals surface area contributed by atoms with Crippen molar-refractivity contribution in [2.24, 2.45) is 0 Å². The standard InChI is InChI=1S/C20H13FN6O2S2/c1-11-22-19-14(8-10-31-19)20(29)26(11)25-18(28)16-23-17(15-3-2-9-30-15)27(24-16)13-6-4-12(21)5-7-13/h2-10H,1H3,(H,25,28). The summed E-state index contributed by atoms with van der Waals surface area (Å²) >= 11 is 2.78. The summed E-state index contributed by atoms with van der Waals surface area (Å²) in [4.78, 5) is 35.8. The summed E-state index contributed by atoms with van der Waals surface area (Å²) in [6.07, 6.45) is 0. The van der Waals surface area contributed by atoms with E-state index < -0.39 is 5.91 Å². The van der Waals surface area contributed by atoms with E-state index in [0.717, 1.165) is 9.55 Å². The molecule has 0 fully saturated rings. The van der Waals surface area contributed by atoms with E-state index in [2.05, 4.69) is 20.5 Å². The van der Waals surface area contributed by atoms with Gasteiger partial charge in [-0.1, -0.05) is 6.07 Å². The Hall–Kier alpha value is -3.70. The van der Waals surface area contributed by atoms with Crippen LogP contribution in [0.15, 0.2) is 58.0 Å². The third kappa shape index (κ3) is 3.43. The summed E-state index contributed by atoms with van der Waals surface area (Å²) in [5, 5.41) is 8.38. The fraction of sp³-hybridized carbons (Fsp3) is 0.0500. The summed E-state index contributed by atoms with van der Waals surface area (Å²) in [6.45, 7) is 1.63. The molecule has 0 saturated heterocycles. The molecule has 4 heterocycles. The highest BCUT2D eigenvalue weighted by Gasteiger charge is 2.21. The maximum atomic E-state index is 13.4. The van der Waals surface area contributed by atoms with Crippen molar-refractivity contribution in [1.82, 2.24) is 24.4 Å². The predicted molar refractivity (Wildman–Crippen MR) is 117 cm³/mol. The van der Waals surface area contributed by atoms with Gasteiger partial charge < -0.3 is 0 Å². The van der Waals surface area contributed by atoms with E-state index in [-0.39, 0.29) is 17.2 Å². The van der Waals surface area contributed by atoms with Crippen molar-refractivity contribution in [3.8, 4) is 16.4 Å². The van der Waals surface area contributed by atoms with Gasteiger partial charge in [0.05, 0.1) is 16.0 Å². The van der Waals surface area contributed by atoms with E-state index in [0.29, 0.717) is 27.6 Å². The highest BCUT2D eigenvalue weighted by Crippen LogP contribution is 2.25. The van der Waals surface area contributed by atoms with E-state index in [9.17, 15) is 14.0 Å². The molecule has 1 aromatic carbocycles. The zero-order chi connectivity index (χ0) is 21.5. The molecular weight excluding hydrogens is 439 g/mol. The Balaban J connectivity index is 1.56. The quantitative estimate of drug-likeness (QED) is 0.450. The highest BCUT2D eigenvalue weighted by atomic mass is 32.1. The molecule has 0 aliphatic carbocycles. The molecule has 0 unspecified atom stereocenters. The second-order valence-corrected chi connectivity index (χ2v) is 8.35. The summed E-state index contributed by atoms with van der Waals surface area (Å²) < 4.78 is 15.9. The van der Waals surface area contributed by atoms with Crippen LogP contribution in [0.2, 0.25) is 0 Å². The molecule has 0 radical (unpaired) electrons. The van der Waals surface area contributed by atoms with Crippen LogP contribution in [0.25, 0.3) is 26.6 Å². The number of benzene rings is 1. The van der Waals surface area contributed by atoms with Gasteiger partial charge in [0.15, 0.2) is 5.82 Å². The number of nitrogens with zero attached hydrogens (tertiary/aromatic N) is 5. The number of halogens is 1. The maximum Gasteiger partial charge on any atom is 0.309 e. The number of carbonyl (C=O) groups excluding carboxylic acids is 1. The van der Waals surface area contributed by atoms with E-state index in [1.807, 2.05) is 17.5 Å². The normalized spacial score (nSPS) is 11.2. The van der Waals surface area contributed by atoms with E-state index in [4.69, 9.17) is 0 Å². The van der Waals surface area contributed by atoms with Crippen LogP contribution >= 0.6 is 22.7 Å². The molecule has 8 nitrogen and oxygen atoms in total. The molecule has 0 aliphatic rings. The SMILES string of the molecule is Cc1nc2sccc2c(=O)n1NC(=O)c1nc(-c2cccs2)n(-c2ccc(F)cc2)n1. The monoisotopic (exact) mass is 452 g/mol. The Morgan fingerprint density at radius 1 is 1.06 bits per heavy atom. The average molecular weight is 452 g/mol. The first-order chi connectivity index (χ1) is 15.0. The molecule has 1 N–H and O–H groups in total. The lowest BCUT2D eigenvalue weighted by Gasteiger charge is -2.09. The fourth-order valence-electron chi connectivity index (χ4n) is 3.03. The first-order valence-corrected chi connectivity index (χ1v) is 10.8. The van der Waals surface area contributed by atoms with Crippen LogP contribution in [0.4, 0.5) is 4.39 Å². The van der Waals surface area contributed by atoms with Crippen LogP contribution in [0.3, 0.4) is 0 Å². The summed E-state index contributed by atoms with van der Waals surface area (Å²) in [7, 11) is 0. The molecule has 0 bridgehead atoms. The van der Waals surface area contributed by atoms with Gasteiger partial charge in [-0.3, -0.25) is 15.0 Å². The van der Waals surface area contributed by atoms with Gasteiger partial charge in [0, 0.05) is 0 Å². The van der Waals surface area contributed by atoms with Crippen LogP contribution in [0.5, 0.6) is 0 Å². The Bertz CT molecular complexity index is 1470. The minimum Gasteiger partial charge on any atom is -0.267 e. The van der Waals surface area contributed by atoms with E-state index >= 15 is 0 Å². The molecule has 0 saturated carbocycles. The number of hydrogen-bond donors (Lipinski definition) is 1. The highest BCUT2D eigenvalue weighted by molar-refractivity contribution is 7.16. The van der Waals surface area contributed by atoms with Gasteiger partial charge in [0.1, 0.15) is 16.5 Å². The van der Waals surface area contributed by atoms with Crippen LogP contribution in [0, 0.1) is 12.7 Å². The number of aryl methyl sites for hydroxylation is 1. The third-order valence-electron chi connectivity index (χ3n) is 4.50. The van der Waals surface area contributed by atoms with Gasteiger partial charge in [0.2, 0.25) is 5.82 Å². The maximum absolute atomic E-state index is 13.4. The number of rotatable bonds is 4. The van der Waals surface area contributed by atoms with Crippen LogP contribution in [-0.4, -0.2) is 30.3 Å². The second kappa shape index (κ2) is 7.52. The molecule has 5 rings (SSSR count). The second-order valence-electron chi connectivity index (χ2n) is 6.50. The Labute approximate surface area is 182 Å². The van der Waals surface area contributed by atoms with E-state index in [1.54, 1.807) is 30.5 Å². The van der Waals surface area contributed by atoms with Crippen molar-refractivity contribution in [2.45, 2.75) is 6.92 Å². The lowest BCUT2D eigenvalue weighted by molar-refractivity contribution is 0.0996. The van der Waals surface area contributed by atoms with Gasteiger partial charge in [-0.05, 0) is 54.1 Å². The molecule has 4 aromatic heterocycles. The molecule has 5 aromatic rings. The summed E-state index contributed by atoms with van der Waals surface area (Å²) in [5.41, 5.74) is 2.70. The Morgan fingerprint density at radius 3 is 2.61 bits per heavy atom. The predicted octanol–water partition coefficient (Wildman–Crippen LogP) is 3.60. The lowest BCUT2D eigenvalue weighted by Crippen LogP contribution is -2.35. The Morgan fingerprint density at radius 2 is 1.87 bits per heavy atom. The van der Waals surface area contributed by atoms with Gasteiger partial charge in [-0.2, -0.15) is 0 Å². The largest absolute Gasteiger partial charge is 0.309 e. The van der Waals surface area contributed by atoms with Gasteiger partial charge in [-0.15, -0.1) is 27.8 Å². The van der Waals surface area contributed by atoms with Crippen molar-refractivity contribution >= 4 is 38.8 Å². The van der Waals surface area contributed by atoms with Gasteiger partial charge in [-0.25, -0.2) is 23.7 Å². The van der Waals surface area contributed by atoms with Crippen LogP contribution < -0.4 is 11.0 Å². The lowest BCUT2D eigenvalue weighted by atomic mass is 10.3. The fourth-order valence-corrected chi connectivity index (χ4v) is 4.53. The van der Waals surface area contributed by atoms with Crippen molar-refractivity contribution in [2.75, 3.05) is 5.43 Å². The van der Waals surface area contributed by atoms with Crippen molar-refractivity contribution in [1.29, 1.82) is 0 Å². The first-order valence-electron chi connectivity index (χ1n) is 9.06. The summed E-state index contributed by atoms with van der Waals surface area (Å²) in [6, 6.07) is 11.1. The number of hydrogen-bond acceptors (Lipinski definition) is 7. The molecule has 31 heavy (non-hydrogen) atoms. The molecule has 1 amide bonds. The minimum atomic E-state index is -0.666. The minimum absolute atomic E-state index is 0.135. The van der Waals surface area contributed by atoms with E-state index in [1.165, 1.54) is 39.5 Å². The number of thiophene rings is 2. The number of amides is 1. The molecule has 0 atom stereocenters. The number of aromatic nitrogens is 5. The Kier molecular flexibility index (Phi) is 4.68. The molecule has 154 valence electrons. The molecule has 0 spiro atoms. The van der Waals surface area contributed by atoms with Crippen LogP contribution in [0.1, 0.15) is 16.4 Å². The van der Waals surface area contributed by atoms with Crippen molar-refractivity contribution < 1.29 is 9.18 Å². The number of carbonyl (C=O) groups is 1. The van der Waals surface area contributed by atoms with Gasteiger partial charge >= 0.3 is 5.91 Å². The average Bonchev–Trinajstić information content (AvgIpc) is 3.51. The zero-order valence-corrected chi connectivity index (χ0v) is 17.6. The number of nitrogens with one attached hydrogen (secondary N) is 1. The topological polar surface area (TPSA) is 94.7 Å². The zero-order valence-electron chi connectivity index (χ0n) is 15.9. The molecule has 11 heteroatoms. The molecular formula is C20H13FN6O2S2. The van der Waals surface area contributed by atoms with Gasteiger partial charge in [0.25, 0.3) is 5.56 Å². The number of fused-ring (bicyclic) bond motifs is 1. The third-order valence-corrected chi connectivity index (χ3v) is 6.17. The molecule has 0 aliphatic heterocycles. The van der Waals surface area contributed by atoms with Crippen molar-refractivity contribution in [3.05, 3.63) is 81.0 Å².